The molecule has 0 saturated heterocycles. The van der Waals surface area contributed by atoms with Crippen LogP contribution in [-0.4, -0.2) is 71.1 Å². The molecule has 13 heteroatoms. The largest absolute Gasteiger partial charge is 0.480 e. The van der Waals surface area contributed by atoms with Crippen LogP contribution in [0, 0.1) is 0 Å². The number of carboxylic acids is 1. The summed E-state index contributed by atoms with van der Waals surface area (Å²) in [5.74, 6) is -2.50. The highest BCUT2D eigenvalue weighted by atomic mass is 31.2. The van der Waals surface area contributed by atoms with Crippen LogP contribution in [0.4, 0.5) is 0 Å². The van der Waals surface area contributed by atoms with E-state index in [0.717, 1.165) is 25.7 Å². The van der Waals surface area contributed by atoms with Gasteiger partial charge in [0, 0.05) is 12.8 Å². The van der Waals surface area contributed by atoms with Gasteiger partial charge in [-0.15, -0.1) is 0 Å². The summed E-state index contributed by atoms with van der Waals surface area (Å²) in [5, 5.41) is 18.9. The van der Waals surface area contributed by atoms with Crippen molar-refractivity contribution in [3.8, 4) is 0 Å². The minimum atomic E-state index is -4.74. The van der Waals surface area contributed by atoms with Gasteiger partial charge in [-0.1, -0.05) is 165 Å². The van der Waals surface area contributed by atoms with Gasteiger partial charge in [-0.05, 0) is 44.9 Å². The van der Waals surface area contributed by atoms with Crippen LogP contribution in [0.25, 0.3) is 0 Å². The quantitative estimate of drug-likeness (QED) is 0.0150. The van der Waals surface area contributed by atoms with Crippen LogP contribution in [0.3, 0.4) is 0 Å². The van der Waals surface area contributed by atoms with Crippen molar-refractivity contribution in [1.82, 2.24) is 0 Å². The number of aliphatic carboxylic acids is 1. The molecule has 0 aromatic carbocycles. The average molecular weight is 828 g/mol. The van der Waals surface area contributed by atoms with E-state index in [9.17, 15) is 28.9 Å². The smallest absolute Gasteiger partial charge is 0.472 e. The van der Waals surface area contributed by atoms with E-state index in [1.807, 2.05) is 36.5 Å². The van der Waals surface area contributed by atoms with Gasteiger partial charge in [0.05, 0.1) is 19.3 Å². The molecule has 0 fully saturated rings. The number of phosphoric ester groups is 1. The van der Waals surface area contributed by atoms with Gasteiger partial charge in [-0.2, -0.15) is 0 Å². The van der Waals surface area contributed by atoms with Crippen molar-refractivity contribution in [2.24, 2.45) is 5.73 Å². The number of nitrogens with two attached hydrogens (primary N) is 1. The molecule has 57 heavy (non-hydrogen) atoms. The number of unbranched alkanes of at least 4 members (excludes halogenated alkanes) is 18. The molecule has 0 aliphatic rings. The number of hydrogen-bond donors (Lipinski definition) is 4. The lowest BCUT2D eigenvalue weighted by molar-refractivity contribution is -0.161. The molecule has 4 atom stereocenters. The molecule has 0 aromatic rings. The lowest BCUT2D eigenvalue weighted by Gasteiger charge is -2.20. The molecule has 0 aliphatic heterocycles. The van der Waals surface area contributed by atoms with Crippen molar-refractivity contribution in [2.75, 3.05) is 19.8 Å². The summed E-state index contributed by atoms with van der Waals surface area (Å²) >= 11 is 0. The van der Waals surface area contributed by atoms with E-state index in [1.165, 1.54) is 89.9 Å². The second-order valence-corrected chi connectivity index (χ2v) is 16.1. The topological polar surface area (TPSA) is 192 Å². The zero-order valence-electron chi connectivity index (χ0n) is 35.3. The van der Waals surface area contributed by atoms with Crippen molar-refractivity contribution in [2.45, 2.75) is 193 Å². The zero-order valence-corrected chi connectivity index (χ0v) is 36.2. The maximum absolute atomic E-state index is 12.6. The van der Waals surface area contributed by atoms with E-state index in [0.29, 0.717) is 32.1 Å². The Morgan fingerprint density at radius 3 is 1.77 bits per heavy atom. The highest BCUT2D eigenvalue weighted by Gasteiger charge is 2.28. The van der Waals surface area contributed by atoms with Gasteiger partial charge < -0.3 is 30.3 Å². The fourth-order valence-corrected chi connectivity index (χ4v) is 6.45. The van der Waals surface area contributed by atoms with Crippen LogP contribution in [0.1, 0.15) is 174 Å². The van der Waals surface area contributed by atoms with Gasteiger partial charge in [0.2, 0.25) is 0 Å². The summed E-state index contributed by atoms with van der Waals surface area (Å²) in [6.45, 7) is 2.64. The molecule has 12 nitrogen and oxygen atoms in total. The van der Waals surface area contributed by atoms with Gasteiger partial charge in [0.15, 0.2) is 6.10 Å². The van der Waals surface area contributed by atoms with Crippen molar-refractivity contribution in [1.29, 1.82) is 0 Å². The number of carboxylic acid groups (broad SMARTS) is 1. The Hall–Kier alpha value is -2.60. The Morgan fingerprint density at radius 2 is 1.16 bits per heavy atom. The first kappa shape index (κ1) is 54.4. The van der Waals surface area contributed by atoms with Crippen molar-refractivity contribution in [3.05, 3.63) is 48.6 Å². The second kappa shape index (κ2) is 38.9. The third kappa shape index (κ3) is 38.7. The SMILES string of the molecule is CCCCC/C=C\C[C@H](O)/C=C/C=C\C/C=C\CCCC(=O)O[C@H](COC(=O)CCCCCCCCCCCCCCCCC)COP(=O)(O)OC[C@H](N)C(=O)O. The molecule has 0 amide bonds. The van der Waals surface area contributed by atoms with Crippen LogP contribution >= 0.6 is 7.82 Å². The van der Waals surface area contributed by atoms with Gasteiger partial charge >= 0.3 is 25.7 Å². The lowest BCUT2D eigenvalue weighted by Crippen LogP contribution is -2.34. The maximum Gasteiger partial charge on any atom is 0.472 e. The number of rotatable bonds is 40. The van der Waals surface area contributed by atoms with Crippen LogP contribution in [-0.2, 0) is 37.5 Å². The van der Waals surface area contributed by atoms with Gasteiger partial charge in [-0.3, -0.25) is 23.4 Å². The first-order valence-electron chi connectivity index (χ1n) is 21.8. The molecule has 0 saturated carbocycles. The van der Waals surface area contributed by atoms with Crippen molar-refractivity contribution >= 4 is 25.7 Å². The standard InChI is InChI=1S/C44H78NO11P/c1-3-5-7-9-11-12-13-14-15-16-17-18-22-26-30-34-42(47)53-36-40(37-54-57(51,52)55-38-41(45)44(49)50)56-43(48)35-31-27-23-20-19-21-25-29-33-39(46)32-28-24-10-8-6-4-2/h20-21,23-25,28-29,33,39-41,46H,3-19,22,26-27,30-32,34-38,45H2,1-2H3,(H,49,50)(H,51,52)/b23-20-,25-21-,28-24-,33-29+/t39-,40+,41-/m0/s1. The molecule has 0 radical (unpaired) electrons. The summed E-state index contributed by atoms with van der Waals surface area (Å²) < 4.78 is 32.6. The minimum Gasteiger partial charge on any atom is -0.480 e. The van der Waals surface area contributed by atoms with E-state index in [1.54, 1.807) is 6.08 Å². The van der Waals surface area contributed by atoms with Crippen molar-refractivity contribution < 1.29 is 52.6 Å². The molecular formula is C44H78NO11P. The van der Waals surface area contributed by atoms with E-state index >= 15 is 0 Å². The third-order valence-electron chi connectivity index (χ3n) is 9.16. The summed E-state index contributed by atoms with van der Waals surface area (Å²) in [5.41, 5.74) is 5.32. The number of ether oxygens (including phenoxy) is 2. The van der Waals surface area contributed by atoms with E-state index in [4.69, 9.17) is 24.8 Å². The number of hydrogen-bond acceptors (Lipinski definition) is 10. The van der Waals surface area contributed by atoms with Crippen LogP contribution in [0.5, 0.6) is 0 Å². The molecule has 330 valence electrons. The molecule has 0 heterocycles. The zero-order chi connectivity index (χ0) is 42.2. The van der Waals surface area contributed by atoms with E-state index in [-0.39, 0.29) is 19.4 Å². The Kier molecular flexibility index (Phi) is 37.1. The fourth-order valence-electron chi connectivity index (χ4n) is 5.67. The molecular weight excluding hydrogens is 749 g/mol. The monoisotopic (exact) mass is 828 g/mol. The number of carbonyl (C=O) groups excluding carboxylic acids is 2. The van der Waals surface area contributed by atoms with E-state index in [2.05, 4.69) is 24.4 Å². The lowest BCUT2D eigenvalue weighted by atomic mass is 10.0. The van der Waals surface area contributed by atoms with E-state index < -0.39 is 57.2 Å². The van der Waals surface area contributed by atoms with Crippen molar-refractivity contribution in [3.63, 3.8) is 0 Å². The Morgan fingerprint density at radius 1 is 0.632 bits per heavy atom. The normalized spacial score (nSPS) is 14.8. The fraction of sp³-hybridized carbons (Fsp3) is 0.750. The highest BCUT2D eigenvalue weighted by Crippen LogP contribution is 2.43. The second-order valence-electron chi connectivity index (χ2n) is 14.7. The summed E-state index contributed by atoms with van der Waals surface area (Å²) in [6, 6.07) is -1.54. The van der Waals surface area contributed by atoms with Gasteiger partial charge in [0.1, 0.15) is 12.6 Å². The first-order chi connectivity index (χ1) is 27.5. The molecule has 1 unspecified atom stereocenters. The number of phosphoric acid groups is 1. The number of esters is 2. The van der Waals surface area contributed by atoms with Gasteiger partial charge in [-0.25, -0.2) is 4.57 Å². The van der Waals surface area contributed by atoms with Gasteiger partial charge in [0.25, 0.3) is 0 Å². The molecule has 0 rings (SSSR count). The summed E-state index contributed by atoms with van der Waals surface area (Å²) in [4.78, 5) is 45.9. The minimum absolute atomic E-state index is 0.0537. The molecule has 0 bridgehead atoms. The number of allylic oxidation sites excluding steroid dienone is 6. The predicted molar refractivity (Wildman–Crippen MR) is 228 cm³/mol. The number of aliphatic hydroxyl groups is 1. The predicted octanol–water partition coefficient (Wildman–Crippen LogP) is 10.4. The summed E-state index contributed by atoms with van der Waals surface area (Å²) in [6.07, 6.45) is 39.2. The first-order valence-corrected chi connectivity index (χ1v) is 23.3. The maximum atomic E-state index is 12.6. The Balaban J connectivity index is 4.52. The highest BCUT2D eigenvalue weighted by molar-refractivity contribution is 7.47. The number of carbonyl (C=O) groups is 3. The van der Waals surface area contributed by atoms with Crippen LogP contribution < -0.4 is 5.73 Å². The molecule has 0 aromatic heterocycles. The third-order valence-corrected chi connectivity index (χ3v) is 10.1. The van der Waals surface area contributed by atoms with Crippen LogP contribution in [0.15, 0.2) is 48.6 Å². The summed E-state index contributed by atoms with van der Waals surface area (Å²) in [7, 11) is -4.74. The molecule has 0 spiro atoms. The average Bonchev–Trinajstić information content (AvgIpc) is 3.18. The molecule has 0 aliphatic carbocycles. The number of aliphatic hydroxyl groups excluding tert-OH is 1. The Labute approximate surface area is 344 Å². The van der Waals surface area contributed by atoms with Crippen LogP contribution in [0.2, 0.25) is 0 Å². The Bertz CT molecular complexity index is 1170. The molecule has 5 N–H and O–H groups in total.